The molecule has 7 nitrogen and oxygen atoms in total. The first-order valence-corrected chi connectivity index (χ1v) is 6.38. The van der Waals surface area contributed by atoms with Gasteiger partial charge in [0.1, 0.15) is 12.1 Å². The minimum Gasteiger partial charge on any atom is -0.484 e. The molecule has 1 aliphatic carbocycles. The van der Waals surface area contributed by atoms with Gasteiger partial charge in [0.15, 0.2) is 5.75 Å². The molecule has 0 heterocycles. The van der Waals surface area contributed by atoms with Gasteiger partial charge in [-0.25, -0.2) is 0 Å². The SMILES string of the molecule is NC(=O)C(N)(COc1cc(Cl)ccc1[N+](=O)[O-])C1CC1. The fraction of sp³-hybridized carbons (Fsp3) is 0.417. The number of primary amides is 1. The van der Waals surface area contributed by atoms with Gasteiger partial charge in [-0.1, -0.05) is 11.6 Å². The highest BCUT2D eigenvalue weighted by Crippen LogP contribution is 2.39. The smallest absolute Gasteiger partial charge is 0.311 e. The van der Waals surface area contributed by atoms with E-state index in [0.717, 1.165) is 12.8 Å². The number of hydrogen-bond donors (Lipinski definition) is 2. The zero-order valence-corrected chi connectivity index (χ0v) is 11.3. The van der Waals surface area contributed by atoms with E-state index in [1.807, 2.05) is 0 Å². The highest BCUT2D eigenvalue weighted by Gasteiger charge is 2.47. The Labute approximate surface area is 120 Å². The minimum absolute atomic E-state index is 0.0285. The Morgan fingerprint density at radius 3 is 2.70 bits per heavy atom. The van der Waals surface area contributed by atoms with Gasteiger partial charge in [0.25, 0.3) is 0 Å². The third kappa shape index (κ3) is 2.83. The molecule has 2 rings (SSSR count). The van der Waals surface area contributed by atoms with Crippen LogP contribution in [0.3, 0.4) is 0 Å². The molecule has 1 aromatic carbocycles. The van der Waals surface area contributed by atoms with Gasteiger partial charge in [0.05, 0.1) is 4.92 Å². The molecule has 1 atom stereocenters. The summed E-state index contributed by atoms with van der Waals surface area (Å²) in [5.41, 5.74) is 9.71. The summed E-state index contributed by atoms with van der Waals surface area (Å²) >= 11 is 5.78. The van der Waals surface area contributed by atoms with Crippen molar-refractivity contribution >= 4 is 23.2 Å². The number of benzene rings is 1. The molecule has 0 bridgehead atoms. The lowest BCUT2D eigenvalue weighted by molar-refractivity contribution is -0.385. The van der Waals surface area contributed by atoms with E-state index in [1.54, 1.807) is 0 Å². The number of carbonyl (C=O) groups excluding carboxylic acids is 1. The van der Waals surface area contributed by atoms with E-state index in [4.69, 9.17) is 27.8 Å². The monoisotopic (exact) mass is 299 g/mol. The zero-order chi connectivity index (χ0) is 14.9. The maximum Gasteiger partial charge on any atom is 0.311 e. The summed E-state index contributed by atoms with van der Waals surface area (Å²) in [5, 5.41) is 11.2. The van der Waals surface area contributed by atoms with E-state index in [-0.39, 0.29) is 24.0 Å². The molecule has 0 spiro atoms. The van der Waals surface area contributed by atoms with E-state index >= 15 is 0 Å². The standard InChI is InChI=1S/C12H14ClN3O4/c13-8-3-4-9(16(18)19)10(5-8)20-6-12(15,11(14)17)7-1-2-7/h3-5,7H,1-2,6,15H2,(H2,14,17). The normalized spacial score (nSPS) is 17.3. The van der Waals surface area contributed by atoms with Crippen LogP contribution in [0.5, 0.6) is 5.75 Å². The summed E-state index contributed by atoms with van der Waals surface area (Å²) in [6.45, 7) is -0.214. The quantitative estimate of drug-likeness (QED) is 0.604. The maximum atomic E-state index is 11.5. The fourth-order valence-electron chi connectivity index (χ4n) is 1.94. The average Bonchev–Trinajstić information content (AvgIpc) is 3.19. The summed E-state index contributed by atoms with van der Waals surface area (Å²) in [6, 6.07) is 3.93. The molecule has 20 heavy (non-hydrogen) atoms. The lowest BCUT2D eigenvalue weighted by Crippen LogP contribution is -2.58. The van der Waals surface area contributed by atoms with Crippen LogP contribution in [0.4, 0.5) is 5.69 Å². The van der Waals surface area contributed by atoms with Crippen molar-refractivity contribution in [3.8, 4) is 5.75 Å². The molecular formula is C12H14ClN3O4. The lowest BCUT2D eigenvalue weighted by Gasteiger charge is -2.25. The van der Waals surface area contributed by atoms with E-state index < -0.39 is 16.4 Å². The predicted octanol–water partition coefficient (Wildman–Crippen LogP) is 1.22. The number of amides is 1. The first-order valence-electron chi connectivity index (χ1n) is 6.00. The molecule has 0 aromatic heterocycles. The van der Waals surface area contributed by atoms with Crippen LogP contribution in [0.25, 0.3) is 0 Å². The van der Waals surface area contributed by atoms with Crippen LogP contribution in [-0.2, 0) is 4.79 Å². The van der Waals surface area contributed by atoms with Crippen molar-refractivity contribution < 1.29 is 14.5 Å². The molecule has 4 N–H and O–H groups in total. The minimum atomic E-state index is -1.31. The van der Waals surface area contributed by atoms with Crippen LogP contribution >= 0.6 is 11.6 Å². The number of ether oxygens (including phenoxy) is 1. The van der Waals surface area contributed by atoms with E-state index in [9.17, 15) is 14.9 Å². The molecule has 8 heteroatoms. The van der Waals surface area contributed by atoms with Gasteiger partial charge in [0, 0.05) is 17.2 Å². The Kier molecular flexibility index (Phi) is 3.82. The fourth-order valence-corrected chi connectivity index (χ4v) is 2.10. The van der Waals surface area contributed by atoms with Crippen LogP contribution in [0.15, 0.2) is 18.2 Å². The van der Waals surface area contributed by atoms with E-state index in [2.05, 4.69) is 0 Å². The summed E-state index contributed by atoms with van der Waals surface area (Å²) < 4.78 is 5.36. The first-order chi connectivity index (χ1) is 9.34. The number of carbonyl (C=O) groups is 1. The van der Waals surface area contributed by atoms with Crippen molar-refractivity contribution in [1.82, 2.24) is 0 Å². The zero-order valence-electron chi connectivity index (χ0n) is 10.5. The molecule has 1 unspecified atom stereocenters. The van der Waals surface area contributed by atoms with Gasteiger partial charge in [-0.2, -0.15) is 0 Å². The number of nitrogens with two attached hydrogens (primary N) is 2. The second-order valence-electron chi connectivity index (χ2n) is 4.84. The number of rotatable bonds is 6. The van der Waals surface area contributed by atoms with E-state index in [1.165, 1.54) is 18.2 Å². The van der Waals surface area contributed by atoms with Crippen LogP contribution in [0, 0.1) is 16.0 Å². The highest BCUT2D eigenvalue weighted by molar-refractivity contribution is 6.30. The first kappa shape index (κ1) is 14.5. The highest BCUT2D eigenvalue weighted by atomic mass is 35.5. The van der Waals surface area contributed by atoms with Crippen LogP contribution < -0.4 is 16.2 Å². The molecule has 0 radical (unpaired) electrons. The van der Waals surface area contributed by atoms with Crippen LogP contribution in [-0.4, -0.2) is 23.0 Å². The predicted molar refractivity (Wildman–Crippen MR) is 72.4 cm³/mol. The molecule has 1 fully saturated rings. The summed E-state index contributed by atoms with van der Waals surface area (Å²) in [7, 11) is 0. The topological polar surface area (TPSA) is 121 Å². The third-order valence-corrected chi connectivity index (χ3v) is 3.58. The van der Waals surface area contributed by atoms with Crippen LogP contribution in [0.1, 0.15) is 12.8 Å². The van der Waals surface area contributed by atoms with Gasteiger partial charge in [0.2, 0.25) is 5.91 Å². The van der Waals surface area contributed by atoms with Crippen molar-refractivity contribution in [2.45, 2.75) is 18.4 Å². The Morgan fingerprint density at radius 1 is 1.55 bits per heavy atom. The molecule has 0 saturated heterocycles. The third-order valence-electron chi connectivity index (χ3n) is 3.35. The van der Waals surface area contributed by atoms with E-state index in [0.29, 0.717) is 5.02 Å². The van der Waals surface area contributed by atoms with Crippen molar-refractivity contribution in [1.29, 1.82) is 0 Å². The molecule has 1 saturated carbocycles. The van der Waals surface area contributed by atoms with Gasteiger partial charge < -0.3 is 16.2 Å². The lowest BCUT2D eigenvalue weighted by atomic mass is 9.95. The molecular weight excluding hydrogens is 286 g/mol. The van der Waals surface area contributed by atoms with Crippen molar-refractivity contribution in [3.63, 3.8) is 0 Å². The molecule has 108 valence electrons. The van der Waals surface area contributed by atoms with Gasteiger partial charge in [-0.15, -0.1) is 0 Å². The number of nitro benzene ring substituents is 1. The maximum absolute atomic E-state index is 11.5. The number of halogens is 1. The largest absolute Gasteiger partial charge is 0.484 e. The van der Waals surface area contributed by atoms with Crippen molar-refractivity contribution in [2.24, 2.45) is 17.4 Å². The average molecular weight is 300 g/mol. The van der Waals surface area contributed by atoms with Crippen molar-refractivity contribution in [3.05, 3.63) is 33.3 Å². The number of hydrogen-bond acceptors (Lipinski definition) is 5. The van der Waals surface area contributed by atoms with Gasteiger partial charge in [-0.05, 0) is 24.8 Å². The Bertz CT molecular complexity index is 562. The molecule has 1 aromatic rings. The van der Waals surface area contributed by atoms with Crippen LogP contribution in [0.2, 0.25) is 5.02 Å². The Balaban J connectivity index is 2.19. The summed E-state index contributed by atoms with van der Waals surface area (Å²) in [4.78, 5) is 21.8. The van der Waals surface area contributed by atoms with Gasteiger partial charge >= 0.3 is 5.69 Å². The Morgan fingerprint density at radius 2 is 2.20 bits per heavy atom. The molecule has 0 aliphatic heterocycles. The molecule has 1 amide bonds. The number of nitro groups is 1. The van der Waals surface area contributed by atoms with Crippen molar-refractivity contribution in [2.75, 3.05) is 6.61 Å². The van der Waals surface area contributed by atoms with Gasteiger partial charge in [-0.3, -0.25) is 14.9 Å². The second kappa shape index (κ2) is 5.26. The molecule has 1 aliphatic rings. The Hall–Kier alpha value is -1.86. The summed E-state index contributed by atoms with van der Waals surface area (Å²) in [5.74, 6) is -0.748. The number of nitrogens with zero attached hydrogens (tertiary/aromatic N) is 1. The summed E-state index contributed by atoms with van der Waals surface area (Å²) in [6.07, 6.45) is 1.58. The second-order valence-corrected chi connectivity index (χ2v) is 5.27.